The third-order valence-electron chi connectivity index (χ3n) is 5.50. The number of aliphatic hydroxyl groups is 2. The lowest BCUT2D eigenvalue weighted by Crippen LogP contribution is -2.51. The Labute approximate surface area is 213 Å². The van der Waals surface area contributed by atoms with Crippen LogP contribution >= 0.6 is 15.6 Å². The molecule has 0 heterocycles. The molecular weight excluding hydrogens is 518 g/mol. The summed E-state index contributed by atoms with van der Waals surface area (Å²) in [5.74, 6) is 0. The minimum atomic E-state index is -5.05. The highest BCUT2D eigenvalue weighted by Gasteiger charge is 2.54. The quantitative estimate of drug-likeness (QED) is 0.188. The minimum Gasteiger partial charge on any atom is -0.377 e. The topological polar surface area (TPSA) is 165 Å². The summed E-state index contributed by atoms with van der Waals surface area (Å²) in [4.78, 5) is 31.0. The van der Waals surface area contributed by atoms with Crippen molar-refractivity contribution in [3.8, 4) is 0 Å². The zero-order valence-corrected chi connectivity index (χ0v) is 21.1. The van der Waals surface area contributed by atoms with Gasteiger partial charge in [-0.05, 0) is 22.3 Å². The first-order chi connectivity index (χ1) is 17.4. The molecule has 0 aliphatic rings. The molecule has 4 aromatic carbocycles. The molecule has 0 saturated heterocycles. The molecule has 0 aliphatic heterocycles. The Balaban J connectivity index is 0.000000364. The van der Waals surface area contributed by atoms with Gasteiger partial charge in [-0.15, -0.1) is 0 Å². The van der Waals surface area contributed by atoms with Gasteiger partial charge in [-0.1, -0.05) is 121 Å². The maximum atomic E-state index is 12.3. The molecule has 0 spiro atoms. The number of benzene rings is 4. The van der Waals surface area contributed by atoms with Crippen molar-refractivity contribution in [2.24, 2.45) is 0 Å². The Morgan fingerprint density at radius 2 is 0.622 bits per heavy atom. The molecule has 194 valence electrons. The largest absolute Gasteiger partial charge is 0.478 e. The van der Waals surface area contributed by atoms with Gasteiger partial charge in [0.1, 0.15) is 0 Å². The third kappa shape index (κ3) is 6.89. The summed E-state index contributed by atoms with van der Waals surface area (Å²) in [5.41, 5.74) is -0.906. The molecule has 4 aromatic rings. The summed E-state index contributed by atoms with van der Waals surface area (Å²) in [6.07, 6.45) is 0. The lowest BCUT2D eigenvalue weighted by Gasteiger charge is -2.45. The van der Waals surface area contributed by atoms with E-state index in [0.717, 1.165) is 0 Å². The van der Waals surface area contributed by atoms with E-state index >= 15 is 0 Å². The van der Waals surface area contributed by atoms with Gasteiger partial charge in [-0.3, -0.25) is 0 Å². The Bertz CT molecular complexity index is 1170. The van der Waals surface area contributed by atoms with Gasteiger partial charge in [-0.25, -0.2) is 9.13 Å². The van der Waals surface area contributed by atoms with Gasteiger partial charge < -0.3 is 29.8 Å². The average Bonchev–Trinajstić information content (AvgIpc) is 2.88. The van der Waals surface area contributed by atoms with Crippen LogP contribution in [0, 0.1) is 0 Å². The van der Waals surface area contributed by atoms with Crippen LogP contribution in [0.2, 0.25) is 0 Å². The van der Waals surface area contributed by atoms with Crippen LogP contribution in [0.5, 0.6) is 0 Å². The van der Waals surface area contributed by atoms with E-state index in [4.69, 9.17) is 19.6 Å². The van der Waals surface area contributed by atoms with Crippen molar-refractivity contribution in [1.29, 1.82) is 0 Å². The van der Waals surface area contributed by atoms with E-state index in [-0.39, 0.29) is 0 Å². The summed E-state index contributed by atoms with van der Waals surface area (Å²) >= 11 is 0. The van der Waals surface area contributed by atoms with E-state index < -0.39 is 26.8 Å². The summed E-state index contributed by atoms with van der Waals surface area (Å²) in [7, 11) is -10.1. The molecule has 0 radical (unpaired) electrons. The Morgan fingerprint density at radius 1 is 0.432 bits per heavy atom. The Kier molecular flexibility index (Phi) is 9.00. The molecule has 0 aromatic heterocycles. The van der Waals surface area contributed by atoms with Crippen LogP contribution in [0.1, 0.15) is 22.3 Å². The number of hydrogen-bond donors (Lipinski definition) is 6. The molecule has 0 bridgehead atoms. The fourth-order valence-corrected chi connectivity index (χ4v) is 5.13. The van der Waals surface area contributed by atoms with Gasteiger partial charge in [0.15, 0.2) is 11.2 Å². The maximum absolute atomic E-state index is 12.3. The monoisotopic (exact) mass is 544 g/mol. The lowest BCUT2D eigenvalue weighted by molar-refractivity contribution is -0.113. The van der Waals surface area contributed by atoms with Gasteiger partial charge in [-0.2, -0.15) is 4.31 Å². The van der Waals surface area contributed by atoms with Crippen molar-refractivity contribution in [2.45, 2.75) is 11.2 Å². The molecule has 9 nitrogen and oxygen atoms in total. The molecule has 0 saturated carbocycles. The first-order valence-corrected chi connectivity index (χ1v) is 13.9. The third-order valence-corrected chi connectivity index (χ3v) is 7.20. The number of rotatable bonds is 7. The van der Waals surface area contributed by atoms with Crippen LogP contribution in [0.4, 0.5) is 0 Å². The van der Waals surface area contributed by atoms with Gasteiger partial charge >= 0.3 is 15.6 Å². The summed E-state index contributed by atoms with van der Waals surface area (Å²) < 4.78 is 22.2. The van der Waals surface area contributed by atoms with E-state index in [0.29, 0.717) is 22.3 Å². The standard InChI is InChI=1S/C26H22O2.H4O7P2/c27-25(21-13-5-1-6-14-21,22-15-7-2-8-16-22)26(28,23-17-9-3-10-18-23)24-19-11-4-12-20-24;1-8(2,3)7-9(4,5)6/h1-20,27-28H;(H2,1,2,3)(H2,4,5,6). The van der Waals surface area contributed by atoms with Crippen LogP contribution < -0.4 is 0 Å². The molecule has 0 atom stereocenters. The zero-order chi connectivity index (χ0) is 27.2. The van der Waals surface area contributed by atoms with Crippen LogP contribution in [0.3, 0.4) is 0 Å². The normalized spacial score (nSPS) is 12.4. The second-order valence-electron chi connectivity index (χ2n) is 7.95. The highest BCUT2D eigenvalue weighted by Crippen LogP contribution is 2.54. The predicted octanol–water partition coefficient (Wildman–Crippen LogP) is 4.05. The molecule has 0 fully saturated rings. The van der Waals surface area contributed by atoms with Gasteiger partial charge in [0.25, 0.3) is 0 Å². The molecule has 0 aliphatic carbocycles. The molecule has 37 heavy (non-hydrogen) atoms. The van der Waals surface area contributed by atoms with Crippen molar-refractivity contribution in [3.05, 3.63) is 144 Å². The zero-order valence-electron chi connectivity index (χ0n) is 19.3. The van der Waals surface area contributed by atoms with Crippen molar-refractivity contribution >= 4 is 15.6 Å². The van der Waals surface area contributed by atoms with Crippen LogP contribution in [0.25, 0.3) is 0 Å². The van der Waals surface area contributed by atoms with Crippen LogP contribution in [-0.4, -0.2) is 29.8 Å². The van der Waals surface area contributed by atoms with Gasteiger partial charge in [0, 0.05) is 0 Å². The number of hydrogen-bond acceptors (Lipinski definition) is 5. The van der Waals surface area contributed by atoms with Crippen molar-refractivity contribution in [2.75, 3.05) is 0 Å². The van der Waals surface area contributed by atoms with Crippen molar-refractivity contribution < 1.29 is 43.2 Å². The van der Waals surface area contributed by atoms with E-state index in [9.17, 15) is 19.3 Å². The fraction of sp³-hybridized carbons (Fsp3) is 0.0769. The summed E-state index contributed by atoms with van der Waals surface area (Å²) in [5, 5.41) is 24.7. The maximum Gasteiger partial charge on any atom is 0.478 e. The Morgan fingerprint density at radius 3 is 0.757 bits per heavy atom. The lowest BCUT2D eigenvalue weighted by atomic mass is 9.66. The second-order valence-corrected chi connectivity index (χ2v) is 10.6. The van der Waals surface area contributed by atoms with Crippen LogP contribution in [-0.2, 0) is 24.6 Å². The van der Waals surface area contributed by atoms with Gasteiger partial charge in [0.2, 0.25) is 0 Å². The molecule has 4 rings (SSSR count). The molecule has 6 N–H and O–H groups in total. The van der Waals surface area contributed by atoms with E-state index in [2.05, 4.69) is 4.31 Å². The van der Waals surface area contributed by atoms with Crippen molar-refractivity contribution in [1.82, 2.24) is 0 Å². The average molecular weight is 544 g/mol. The highest BCUT2D eigenvalue weighted by atomic mass is 31.3. The van der Waals surface area contributed by atoms with E-state index in [1.807, 2.05) is 121 Å². The molecule has 11 heteroatoms. The Hall–Kier alpha value is -2.94. The van der Waals surface area contributed by atoms with Crippen molar-refractivity contribution in [3.63, 3.8) is 0 Å². The summed E-state index contributed by atoms with van der Waals surface area (Å²) in [6.45, 7) is 0. The molecule has 0 amide bonds. The highest BCUT2D eigenvalue weighted by molar-refractivity contribution is 7.60. The smallest absolute Gasteiger partial charge is 0.377 e. The molecule has 0 unspecified atom stereocenters. The minimum absolute atomic E-state index is 0.622. The number of phosphoric acid groups is 2. The first kappa shape index (κ1) is 28.6. The molecular formula is C26H26O9P2. The van der Waals surface area contributed by atoms with E-state index in [1.165, 1.54) is 0 Å². The first-order valence-electron chi connectivity index (χ1n) is 10.9. The second kappa shape index (κ2) is 11.6. The fourth-order valence-electron chi connectivity index (χ4n) is 4.02. The SMILES string of the molecule is O=P(O)(O)OP(=O)(O)O.OC(c1ccccc1)(c1ccccc1)C(O)(c1ccccc1)c1ccccc1. The van der Waals surface area contributed by atoms with E-state index in [1.54, 1.807) is 0 Å². The van der Waals surface area contributed by atoms with Gasteiger partial charge in [0.05, 0.1) is 0 Å². The predicted molar refractivity (Wildman–Crippen MR) is 137 cm³/mol. The van der Waals surface area contributed by atoms with Crippen LogP contribution in [0.15, 0.2) is 121 Å². The summed E-state index contributed by atoms with van der Waals surface area (Å²) in [6, 6.07) is 37.4.